The third-order valence-electron chi connectivity index (χ3n) is 3.82. The van der Waals surface area contributed by atoms with E-state index in [-0.39, 0.29) is 12.5 Å². The molecule has 0 amide bonds. The standard InChI is InChI=1S/C18H13N3O4S/c22-21(23)14-3-1-2-12(8-14)10-26-18-7-5-15(19-20-18)13-4-6-16-17(9-13)25-11-24-16/h1-9H,10-11H2. The van der Waals surface area contributed by atoms with Gasteiger partial charge in [-0.1, -0.05) is 23.9 Å². The van der Waals surface area contributed by atoms with E-state index in [0.717, 1.165) is 27.6 Å². The summed E-state index contributed by atoms with van der Waals surface area (Å²) in [6.07, 6.45) is 0. The first-order valence-corrected chi connectivity index (χ1v) is 8.77. The van der Waals surface area contributed by atoms with Crippen LogP contribution in [0.3, 0.4) is 0 Å². The van der Waals surface area contributed by atoms with Crippen molar-refractivity contribution in [3.8, 4) is 22.8 Å². The van der Waals surface area contributed by atoms with Gasteiger partial charge in [0.2, 0.25) is 6.79 Å². The highest BCUT2D eigenvalue weighted by atomic mass is 32.2. The Balaban J connectivity index is 1.45. The molecule has 8 heteroatoms. The summed E-state index contributed by atoms with van der Waals surface area (Å²) in [4.78, 5) is 10.4. The quantitative estimate of drug-likeness (QED) is 0.381. The topological polar surface area (TPSA) is 87.4 Å². The monoisotopic (exact) mass is 367 g/mol. The lowest BCUT2D eigenvalue weighted by atomic mass is 10.1. The van der Waals surface area contributed by atoms with Crippen LogP contribution in [0.2, 0.25) is 0 Å². The fourth-order valence-electron chi connectivity index (χ4n) is 2.52. The molecule has 0 fully saturated rings. The number of non-ortho nitro benzene ring substituents is 1. The van der Waals surface area contributed by atoms with Crippen LogP contribution in [0.15, 0.2) is 59.6 Å². The number of hydrogen-bond donors (Lipinski definition) is 0. The van der Waals surface area contributed by atoms with Crippen LogP contribution < -0.4 is 9.47 Å². The Morgan fingerprint density at radius 2 is 1.92 bits per heavy atom. The van der Waals surface area contributed by atoms with E-state index in [9.17, 15) is 10.1 Å². The van der Waals surface area contributed by atoms with E-state index < -0.39 is 4.92 Å². The fourth-order valence-corrected chi connectivity index (χ4v) is 3.28. The van der Waals surface area contributed by atoms with Crippen molar-refractivity contribution in [2.45, 2.75) is 10.8 Å². The maximum absolute atomic E-state index is 10.8. The molecule has 0 N–H and O–H groups in total. The van der Waals surface area contributed by atoms with Gasteiger partial charge in [0.25, 0.3) is 5.69 Å². The highest BCUT2D eigenvalue weighted by molar-refractivity contribution is 7.98. The van der Waals surface area contributed by atoms with Gasteiger partial charge in [0.1, 0.15) is 5.03 Å². The Bertz CT molecular complexity index is 963. The minimum absolute atomic E-state index is 0.0901. The van der Waals surface area contributed by atoms with E-state index in [1.165, 1.54) is 17.8 Å². The summed E-state index contributed by atoms with van der Waals surface area (Å²) in [5.74, 6) is 2.01. The van der Waals surface area contributed by atoms with Gasteiger partial charge in [-0.15, -0.1) is 10.2 Å². The molecule has 3 aromatic rings. The Labute approximate surface area is 153 Å². The molecule has 2 heterocycles. The largest absolute Gasteiger partial charge is 0.454 e. The smallest absolute Gasteiger partial charge is 0.269 e. The maximum Gasteiger partial charge on any atom is 0.269 e. The second-order valence-electron chi connectivity index (χ2n) is 5.54. The number of nitro benzene ring substituents is 1. The van der Waals surface area contributed by atoms with E-state index in [2.05, 4.69) is 10.2 Å². The molecular weight excluding hydrogens is 354 g/mol. The predicted molar refractivity (Wildman–Crippen MR) is 96.2 cm³/mol. The number of fused-ring (bicyclic) bond motifs is 1. The molecule has 130 valence electrons. The van der Waals surface area contributed by atoms with Crippen molar-refractivity contribution < 1.29 is 14.4 Å². The molecule has 1 aliphatic heterocycles. The first kappa shape index (κ1) is 16.3. The molecule has 26 heavy (non-hydrogen) atoms. The molecule has 0 spiro atoms. The number of benzene rings is 2. The molecule has 0 saturated heterocycles. The summed E-state index contributed by atoms with van der Waals surface area (Å²) in [5, 5.41) is 20.1. The first-order valence-electron chi connectivity index (χ1n) is 7.79. The van der Waals surface area contributed by atoms with E-state index in [1.54, 1.807) is 12.1 Å². The molecule has 0 saturated carbocycles. The summed E-state index contributed by atoms with van der Waals surface area (Å²) in [5.41, 5.74) is 2.60. The van der Waals surface area contributed by atoms with Gasteiger partial charge in [0.05, 0.1) is 10.6 Å². The first-order chi connectivity index (χ1) is 12.7. The average molecular weight is 367 g/mol. The highest BCUT2D eigenvalue weighted by Crippen LogP contribution is 2.35. The Hall–Kier alpha value is -3.13. The lowest BCUT2D eigenvalue weighted by Gasteiger charge is -2.04. The van der Waals surface area contributed by atoms with Crippen LogP contribution in [0.25, 0.3) is 11.3 Å². The fraction of sp³-hybridized carbons (Fsp3) is 0.111. The molecule has 0 bridgehead atoms. The lowest BCUT2D eigenvalue weighted by Crippen LogP contribution is -1.93. The van der Waals surface area contributed by atoms with Crippen LogP contribution in [0.1, 0.15) is 5.56 Å². The van der Waals surface area contributed by atoms with Crippen molar-refractivity contribution in [3.63, 3.8) is 0 Å². The van der Waals surface area contributed by atoms with Crippen molar-refractivity contribution in [1.29, 1.82) is 0 Å². The van der Waals surface area contributed by atoms with Crippen molar-refractivity contribution in [3.05, 3.63) is 70.3 Å². The van der Waals surface area contributed by atoms with E-state index in [0.29, 0.717) is 11.5 Å². The van der Waals surface area contributed by atoms with Gasteiger partial charge in [-0.2, -0.15) is 0 Å². The third-order valence-corrected chi connectivity index (χ3v) is 4.81. The summed E-state index contributed by atoms with van der Waals surface area (Å²) >= 11 is 1.48. The van der Waals surface area contributed by atoms with E-state index in [4.69, 9.17) is 9.47 Å². The number of hydrogen-bond acceptors (Lipinski definition) is 7. The second-order valence-corrected chi connectivity index (χ2v) is 6.54. The van der Waals surface area contributed by atoms with Gasteiger partial charge in [0, 0.05) is 23.4 Å². The van der Waals surface area contributed by atoms with Crippen LogP contribution >= 0.6 is 11.8 Å². The van der Waals surface area contributed by atoms with Gasteiger partial charge in [-0.05, 0) is 35.9 Å². The number of thioether (sulfide) groups is 1. The molecule has 0 aliphatic carbocycles. The molecule has 0 atom stereocenters. The predicted octanol–water partition coefficient (Wildman–Crippen LogP) is 4.07. The zero-order valence-electron chi connectivity index (χ0n) is 13.5. The van der Waals surface area contributed by atoms with Gasteiger partial charge in [0.15, 0.2) is 11.5 Å². The molecule has 0 radical (unpaired) electrons. The average Bonchev–Trinajstić information content (AvgIpc) is 3.15. The summed E-state index contributed by atoms with van der Waals surface area (Å²) in [6.45, 7) is 0.234. The SMILES string of the molecule is O=[N+]([O-])c1cccc(CSc2ccc(-c3ccc4c(c3)OCO4)nn2)c1. The van der Waals surface area contributed by atoms with Crippen LogP contribution in [-0.2, 0) is 5.75 Å². The van der Waals surface area contributed by atoms with Crippen molar-refractivity contribution in [2.75, 3.05) is 6.79 Å². The number of nitrogens with zero attached hydrogens (tertiary/aromatic N) is 3. The van der Waals surface area contributed by atoms with Crippen molar-refractivity contribution in [2.24, 2.45) is 0 Å². The molecule has 2 aromatic carbocycles. The van der Waals surface area contributed by atoms with Gasteiger partial charge in [-0.3, -0.25) is 10.1 Å². The Kier molecular flexibility index (Phi) is 4.40. The zero-order chi connectivity index (χ0) is 17.9. The lowest BCUT2D eigenvalue weighted by molar-refractivity contribution is -0.384. The molecular formula is C18H13N3O4S. The molecule has 0 unspecified atom stereocenters. The molecule has 4 rings (SSSR count). The Morgan fingerprint density at radius 1 is 1.04 bits per heavy atom. The van der Waals surface area contributed by atoms with Crippen LogP contribution in [0.5, 0.6) is 11.5 Å². The van der Waals surface area contributed by atoms with Crippen LogP contribution in [-0.4, -0.2) is 21.9 Å². The second kappa shape index (κ2) is 7.01. The molecule has 1 aliphatic rings. The van der Waals surface area contributed by atoms with E-state index in [1.807, 2.05) is 36.4 Å². The number of ether oxygens (including phenoxy) is 2. The Morgan fingerprint density at radius 3 is 2.73 bits per heavy atom. The van der Waals surface area contributed by atoms with Gasteiger partial charge >= 0.3 is 0 Å². The summed E-state index contributed by atoms with van der Waals surface area (Å²) in [7, 11) is 0. The highest BCUT2D eigenvalue weighted by Gasteiger charge is 2.14. The number of aromatic nitrogens is 2. The van der Waals surface area contributed by atoms with E-state index >= 15 is 0 Å². The van der Waals surface area contributed by atoms with Crippen molar-refractivity contribution in [1.82, 2.24) is 10.2 Å². The van der Waals surface area contributed by atoms with Crippen molar-refractivity contribution >= 4 is 17.4 Å². The number of nitro groups is 1. The summed E-state index contributed by atoms with van der Waals surface area (Å²) < 4.78 is 10.7. The molecule has 1 aromatic heterocycles. The van der Waals surface area contributed by atoms with Gasteiger partial charge in [-0.25, -0.2) is 0 Å². The van der Waals surface area contributed by atoms with Crippen LogP contribution in [0, 0.1) is 10.1 Å². The molecule has 7 nitrogen and oxygen atoms in total. The maximum atomic E-state index is 10.8. The van der Waals surface area contributed by atoms with Gasteiger partial charge < -0.3 is 9.47 Å². The minimum Gasteiger partial charge on any atom is -0.454 e. The minimum atomic E-state index is -0.395. The number of rotatable bonds is 5. The third kappa shape index (κ3) is 3.45. The van der Waals surface area contributed by atoms with Crippen LogP contribution in [0.4, 0.5) is 5.69 Å². The normalized spacial score (nSPS) is 12.2. The zero-order valence-corrected chi connectivity index (χ0v) is 14.3. The summed E-state index contributed by atoms with van der Waals surface area (Å²) in [6, 6.07) is 16.0.